The number of rotatable bonds is 4. The Morgan fingerprint density at radius 3 is 2.64 bits per heavy atom. The molecule has 3 amide bonds. The van der Waals surface area contributed by atoms with E-state index in [9.17, 15) is 9.59 Å². The molecule has 2 unspecified atom stereocenters. The predicted molar refractivity (Wildman–Crippen MR) is 108 cm³/mol. The molecule has 144 valence electrons. The number of hydrogen-bond donors (Lipinski definition) is 1. The molecule has 1 fully saturated rings. The van der Waals surface area contributed by atoms with Crippen LogP contribution in [0.15, 0.2) is 57.9 Å². The van der Waals surface area contributed by atoms with Crippen LogP contribution in [-0.2, 0) is 11.3 Å². The van der Waals surface area contributed by atoms with Crippen molar-refractivity contribution < 1.29 is 9.59 Å². The SMILES string of the molecule is CN1C(=O)N(Cc2ccccc2)C(=O)C2C1N=C(N/N=C/c1cccs1)N2C. The van der Waals surface area contributed by atoms with Crippen molar-refractivity contribution in [3.05, 3.63) is 58.3 Å². The van der Waals surface area contributed by atoms with Crippen molar-refractivity contribution in [2.24, 2.45) is 10.1 Å². The fourth-order valence-corrected chi connectivity index (χ4v) is 3.89. The number of aliphatic imine (C=N–C) groups is 1. The van der Waals surface area contributed by atoms with Crippen molar-refractivity contribution in [1.29, 1.82) is 0 Å². The van der Waals surface area contributed by atoms with Gasteiger partial charge in [0, 0.05) is 19.0 Å². The number of carbonyl (C=O) groups excluding carboxylic acids is 2. The molecule has 0 saturated carbocycles. The molecule has 4 rings (SSSR count). The van der Waals surface area contributed by atoms with Gasteiger partial charge in [-0.25, -0.2) is 15.2 Å². The Morgan fingerprint density at radius 1 is 1.14 bits per heavy atom. The van der Waals surface area contributed by atoms with Crippen LogP contribution >= 0.6 is 11.3 Å². The fraction of sp³-hybridized carbons (Fsp3) is 0.263. The van der Waals surface area contributed by atoms with Crippen molar-refractivity contribution in [2.45, 2.75) is 18.8 Å². The minimum atomic E-state index is -0.578. The third kappa shape index (κ3) is 3.24. The largest absolute Gasteiger partial charge is 0.329 e. The maximum Gasteiger partial charge on any atom is 0.328 e. The Hall–Kier alpha value is -3.20. The van der Waals surface area contributed by atoms with Crippen molar-refractivity contribution in [3.63, 3.8) is 0 Å². The quantitative estimate of drug-likeness (QED) is 0.631. The van der Waals surface area contributed by atoms with Crippen LogP contribution in [0.5, 0.6) is 0 Å². The van der Waals surface area contributed by atoms with Gasteiger partial charge in [-0.15, -0.1) is 11.3 Å². The van der Waals surface area contributed by atoms with E-state index < -0.39 is 12.2 Å². The summed E-state index contributed by atoms with van der Waals surface area (Å²) in [5, 5.41) is 6.16. The average molecular weight is 396 g/mol. The minimum absolute atomic E-state index is 0.235. The summed E-state index contributed by atoms with van der Waals surface area (Å²) in [6.45, 7) is 0.235. The molecule has 28 heavy (non-hydrogen) atoms. The van der Waals surface area contributed by atoms with E-state index >= 15 is 0 Å². The highest BCUT2D eigenvalue weighted by atomic mass is 32.1. The van der Waals surface area contributed by atoms with Gasteiger partial charge in [-0.1, -0.05) is 36.4 Å². The van der Waals surface area contributed by atoms with E-state index in [0.29, 0.717) is 5.96 Å². The molecule has 2 atom stereocenters. The Balaban J connectivity index is 1.51. The van der Waals surface area contributed by atoms with Crippen molar-refractivity contribution in [1.82, 2.24) is 20.1 Å². The monoisotopic (exact) mass is 396 g/mol. The summed E-state index contributed by atoms with van der Waals surface area (Å²) in [4.78, 5) is 35.9. The maximum atomic E-state index is 13.1. The zero-order valence-corrected chi connectivity index (χ0v) is 16.3. The van der Waals surface area contributed by atoms with Crippen LogP contribution in [0.4, 0.5) is 4.79 Å². The smallest absolute Gasteiger partial charge is 0.328 e. The zero-order chi connectivity index (χ0) is 19.7. The summed E-state index contributed by atoms with van der Waals surface area (Å²) in [5.41, 5.74) is 3.79. The average Bonchev–Trinajstić information content (AvgIpc) is 3.33. The van der Waals surface area contributed by atoms with Gasteiger partial charge in [0.15, 0.2) is 12.2 Å². The van der Waals surface area contributed by atoms with Gasteiger partial charge in [0.1, 0.15) is 0 Å². The van der Waals surface area contributed by atoms with E-state index in [1.165, 1.54) is 9.80 Å². The molecule has 0 aliphatic carbocycles. The first kappa shape index (κ1) is 18.2. The number of carbonyl (C=O) groups is 2. The molecule has 0 spiro atoms. The lowest BCUT2D eigenvalue weighted by Gasteiger charge is -2.40. The first-order valence-corrected chi connectivity index (χ1v) is 9.69. The van der Waals surface area contributed by atoms with Gasteiger partial charge in [0.25, 0.3) is 5.91 Å². The summed E-state index contributed by atoms with van der Waals surface area (Å²) in [6.07, 6.45) is 1.12. The normalized spacial score (nSPS) is 22.1. The lowest BCUT2D eigenvalue weighted by atomic mass is 10.1. The summed E-state index contributed by atoms with van der Waals surface area (Å²) in [6, 6.07) is 12.4. The molecule has 0 bridgehead atoms. The van der Waals surface area contributed by atoms with Gasteiger partial charge in [0.05, 0.1) is 12.8 Å². The first-order valence-electron chi connectivity index (χ1n) is 8.81. The number of likely N-dealkylation sites (N-methyl/N-ethyl adjacent to an activating group) is 2. The molecular weight excluding hydrogens is 376 g/mol. The predicted octanol–water partition coefficient (Wildman–Crippen LogP) is 1.76. The third-order valence-electron chi connectivity index (χ3n) is 4.82. The number of urea groups is 1. The summed E-state index contributed by atoms with van der Waals surface area (Å²) in [5.74, 6) is 0.194. The Bertz CT molecular complexity index is 927. The van der Waals surface area contributed by atoms with Crippen LogP contribution < -0.4 is 5.43 Å². The van der Waals surface area contributed by atoms with Crippen LogP contribution in [0.3, 0.4) is 0 Å². The molecule has 1 aromatic carbocycles. The van der Waals surface area contributed by atoms with Gasteiger partial charge in [0.2, 0.25) is 5.96 Å². The first-order chi connectivity index (χ1) is 13.6. The minimum Gasteiger partial charge on any atom is -0.329 e. The van der Waals surface area contributed by atoms with Crippen LogP contribution in [-0.4, -0.2) is 65.1 Å². The van der Waals surface area contributed by atoms with E-state index in [4.69, 9.17) is 0 Å². The van der Waals surface area contributed by atoms with Crippen molar-refractivity contribution >= 4 is 35.4 Å². The van der Waals surface area contributed by atoms with Crippen molar-refractivity contribution in [3.8, 4) is 0 Å². The molecular formula is C19H20N6O2S. The fourth-order valence-electron chi connectivity index (χ4n) is 3.31. The van der Waals surface area contributed by atoms with Crippen LogP contribution in [0, 0.1) is 0 Å². The second kappa shape index (κ2) is 7.43. The van der Waals surface area contributed by atoms with Gasteiger partial charge in [-0.05, 0) is 17.0 Å². The zero-order valence-electron chi connectivity index (χ0n) is 15.5. The van der Waals surface area contributed by atoms with E-state index in [1.807, 2.05) is 47.8 Å². The number of imide groups is 1. The molecule has 9 heteroatoms. The number of nitrogens with one attached hydrogen (secondary N) is 1. The number of nitrogens with zero attached hydrogens (tertiary/aromatic N) is 5. The van der Waals surface area contributed by atoms with Gasteiger partial charge in [-0.2, -0.15) is 5.10 Å². The lowest BCUT2D eigenvalue weighted by molar-refractivity contribution is -0.137. The number of hydrazone groups is 1. The molecule has 1 saturated heterocycles. The van der Waals surface area contributed by atoms with E-state index in [-0.39, 0.29) is 18.5 Å². The Morgan fingerprint density at radius 2 is 1.93 bits per heavy atom. The molecule has 1 N–H and O–H groups in total. The molecule has 1 aromatic heterocycles. The molecule has 2 aliphatic rings. The molecule has 2 aromatic rings. The number of thiophene rings is 1. The number of fused-ring (bicyclic) bond motifs is 1. The maximum absolute atomic E-state index is 13.1. The lowest BCUT2D eigenvalue weighted by Crippen LogP contribution is -2.64. The topological polar surface area (TPSA) is 80.6 Å². The third-order valence-corrected chi connectivity index (χ3v) is 5.63. The highest BCUT2D eigenvalue weighted by Gasteiger charge is 2.51. The molecule has 2 aliphatic heterocycles. The van der Waals surface area contributed by atoms with Gasteiger partial charge in [-0.3, -0.25) is 9.69 Å². The molecule has 8 nitrogen and oxygen atoms in total. The van der Waals surface area contributed by atoms with Crippen LogP contribution in [0.25, 0.3) is 0 Å². The number of guanidine groups is 1. The van der Waals surface area contributed by atoms with Crippen LogP contribution in [0.1, 0.15) is 10.4 Å². The highest BCUT2D eigenvalue weighted by Crippen LogP contribution is 2.27. The molecule has 0 radical (unpaired) electrons. The van der Waals surface area contributed by atoms with E-state index in [2.05, 4.69) is 15.5 Å². The van der Waals surface area contributed by atoms with Gasteiger partial charge >= 0.3 is 6.03 Å². The van der Waals surface area contributed by atoms with Crippen molar-refractivity contribution in [2.75, 3.05) is 14.1 Å². The second-order valence-electron chi connectivity index (χ2n) is 6.61. The number of hydrogen-bond acceptors (Lipinski definition) is 7. The second-order valence-corrected chi connectivity index (χ2v) is 7.59. The van der Waals surface area contributed by atoms with Gasteiger partial charge < -0.3 is 9.80 Å². The molecule has 3 heterocycles. The standard InChI is InChI=1S/C19H20N6O2S/c1-23-15-16(21-18(23)22-20-11-14-9-6-10-28-14)24(2)19(27)25(17(15)26)12-13-7-4-3-5-8-13/h3-11,15-16H,12H2,1-2H3,(H,21,22)/b20-11+. The number of amides is 3. The van der Waals surface area contributed by atoms with E-state index in [0.717, 1.165) is 10.4 Å². The summed E-state index contributed by atoms with van der Waals surface area (Å²) < 4.78 is 0. The van der Waals surface area contributed by atoms with E-state index in [1.54, 1.807) is 36.5 Å². The van der Waals surface area contributed by atoms with Crippen LogP contribution in [0.2, 0.25) is 0 Å². The Kier molecular flexibility index (Phi) is 4.82. The highest BCUT2D eigenvalue weighted by molar-refractivity contribution is 7.11. The summed E-state index contributed by atoms with van der Waals surface area (Å²) in [7, 11) is 3.44. The Labute approximate surface area is 166 Å². The summed E-state index contributed by atoms with van der Waals surface area (Å²) >= 11 is 1.57. The number of benzene rings is 1.